The number of nitrogens with one attached hydrogen (secondary N) is 1. The number of amides is 2. The molecule has 2 aromatic rings. The van der Waals surface area contributed by atoms with Crippen molar-refractivity contribution in [2.24, 2.45) is 5.92 Å². The lowest BCUT2D eigenvalue weighted by molar-refractivity contribution is -0.125. The van der Waals surface area contributed by atoms with Gasteiger partial charge >= 0.3 is 0 Å². The zero-order valence-corrected chi connectivity index (χ0v) is 18.7. The fourth-order valence-corrected chi connectivity index (χ4v) is 4.01. The fourth-order valence-electron chi connectivity index (χ4n) is 4.01. The number of methoxy groups -OCH3 is 3. The molecule has 0 spiro atoms. The summed E-state index contributed by atoms with van der Waals surface area (Å²) in [7, 11) is 4.77. The van der Waals surface area contributed by atoms with E-state index in [9.17, 15) is 9.59 Å². The highest BCUT2D eigenvalue weighted by molar-refractivity contribution is 5.95. The highest BCUT2D eigenvalue weighted by Crippen LogP contribution is 2.40. The van der Waals surface area contributed by atoms with Crippen molar-refractivity contribution in [2.45, 2.75) is 25.8 Å². The van der Waals surface area contributed by atoms with Gasteiger partial charge in [-0.15, -0.1) is 0 Å². The van der Waals surface area contributed by atoms with E-state index in [2.05, 4.69) is 5.32 Å². The van der Waals surface area contributed by atoms with E-state index in [4.69, 9.17) is 14.2 Å². The van der Waals surface area contributed by atoms with Crippen molar-refractivity contribution in [3.63, 3.8) is 0 Å². The summed E-state index contributed by atoms with van der Waals surface area (Å²) in [5.74, 6) is 1.12. The van der Waals surface area contributed by atoms with Crippen LogP contribution in [0.25, 0.3) is 0 Å². The van der Waals surface area contributed by atoms with E-state index in [1.165, 1.54) is 0 Å². The molecule has 1 aliphatic heterocycles. The Bertz CT molecular complexity index is 943. The van der Waals surface area contributed by atoms with Gasteiger partial charge in [-0.1, -0.05) is 6.07 Å². The largest absolute Gasteiger partial charge is 0.497 e. The summed E-state index contributed by atoms with van der Waals surface area (Å²) in [4.78, 5) is 28.0. The second-order valence-corrected chi connectivity index (χ2v) is 7.93. The van der Waals surface area contributed by atoms with Crippen LogP contribution in [-0.2, 0) is 4.79 Å². The first-order valence-electron chi connectivity index (χ1n) is 10.3. The number of hydrogen-bond donors (Lipinski definition) is 1. The van der Waals surface area contributed by atoms with Crippen LogP contribution in [0, 0.1) is 5.92 Å². The van der Waals surface area contributed by atoms with E-state index in [1.54, 1.807) is 50.5 Å². The molecule has 1 saturated heterocycles. The lowest BCUT2D eigenvalue weighted by Crippen LogP contribution is -2.39. The van der Waals surface area contributed by atoms with Gasteiger partial charge in [0.1, 0.15) is 17.2 Å². The van der Waals surface area contributed by atoms with E-state index in [0.29, 0.717) is 35.9 Å². The standard InChI is InChI=1S/C24H30N2O5/c1-15(2)25-23(27)21-14-26(24(28)16-7-6-8-17(11-16)29-3)13-20(21)19-12-18(30-4)9-10-22(19)31-5/h6-12,15,20-21H,13-14H2,1-5H3,(H,25,27). The van der Waals surface area contributed by atoms with Gasteiger partial charge in [-0.05, 0) is 50.2 Å². The highest BCUT2D eigenvalue weighted by Gasteiger charge is 2.42. The summed E-state index contributed by atoms with van der Waals surface area (Å²) >= 11 is 0. The van der Waals surface area contributed by atoms with Gasteiger partial charge in [-0.2, -0.15) is 0 Å². The molecule has 1 fully saturated rings. The molecule has 7 heteroatoms. The normalized spacial score (nSPS) is 18.1. The third-order valence-electron chi connectivity index (χ3n) is 5.53. The molecular weight excluding hydrogens is 396 g/mol. The molecule has 0 aromatic heterocycles. The molecule has 7 nitrogen and oxygen atoms in total. The molecule has 0 saturated carbocycles. The molecule has 0 aliphatic carbocycles. The molecule has 1 aliphatic rings. The van der Waals surface area contributed by atoms with Gasteiger partial charge in [0.25, 0.3) is 5.91 Å². The van der Waals surface area contributed by atoms with E-state index in [1.807, 2.05) is 32.0 Å². The summed E-state index contributed by atoms with van der Waals surface area (Å²) in [6.07, 6.45) is 0. The molecule has 1 heterocycles. The van der Waals surface area contributed by atoms with Crippen molar-refractivity contribution in [1.29, 1.82) is 0 Å². The number of hydrogen-bond acceptors (Lipinski definition) is 5. The number of carbonyl (C=O) groups excluding carboxylic acids is 2. The predicted molar refractivity (Wildman–Crippen MR) is 118 cm³/mol. The maximum Gasteiger partial charge on any atom is 0.254 e. The van der Waals surface area contributed by atoms with Crippen LogP contribution in [0.15, 0.2) is 42.5 Å². The molecule has 166 valence electrons. The van der Waals surface area contributed by atoms with Gasteiger partial charge in [0.15, 0.2) is 0 Å². The number of carbonyl (C=O) groups is 2. The van der Waals surface area contributed by atoms with Crippen molar-refractivity contribution in [3.05, 3.63) is 53.6 Å². The van der Waals surface area contributed by atoms with E-state index >= 15 is 0 Å². The molecular formula is C24H30N2O5. The number of nitrogens with zero attached hydrogens (tertiary/aromatic N) is 1. The first-order valence-corrected chi connectivity index (χ1v) is 10.3. The maximum atomic E-state index is 13.2. The van der Waals surface area contributed by atoms with Gasteiger partial charge in [-0.3, -0.25) is 9.59 Å². The van der Waals surface area contributed by atoms with E-state index in [0.717, 1.165) is 5.56 Å². The zero-order valence-electron chi connectivity index (χ0n) is 18.7. The number of rotatable bonds is 7. The molecule has 2 amide bonds. The second kappa shape index (κ2) is 9.73. The molecule has 3 rings (SSSR count). The molecule has 1 N–H and O–H groups in total. The van der Waals surface area contributed by atoms with Crippen LogP contribution < -0.4 is 19.5 Å². The molecule has 0 radical (unpaired) electrons. The Balaban J connectivity index is 1.96. The van der Waals surface area contributed by atoms with Crippen LogP contribution in [-0.4, -0.2) is 57.2 Å². The third-order valence-corrected chi connectivity index (χ3v) is 5.53. The Morgan fingerprint density at radius 2 is 1.68 bits per heavy atom. The summed E-state index contributed by atoms with van der Waals surface area (Å²) in [5.41, 5.74) is 1.38. The lowest BCUT2D eigenvalue weighted by Gasteiger charge is -2.22. The van der Waals surface area contributed by atoms with Crippen LogP contribution in [0.3, 0.4) is 0 Å². The predicted octanol–water partition coefficient (Wildman–Crippen LogP) is 3.09. The van der Waals surface area contributed by atoms with Crippen molar-refractivity contribution >= 4 is 11.8 Å². The Kier molecular flexibility index (Phi) is 7.05. The minimum Gasteiger partial charge on any atom is -0.497 e. The maximum absolute atomic E-state index is 13.2. The Morgan fingerprint density at radius 1 is 0.968 bits per heavy atom. The van der Waals surface area contributed by atoms with Crippen LogP contribution in [0.4, 0.5) is 0 Å². The molecule has 31 heavy (non-hydrogen) atoms. The molecule has 2 unspecified atom stereocenters. The monoisotopic (exact) mass is 426 g/mol. The number of benzene rings is 2. The molecule has 2 atom stereocenters. The highest BCUT2D eigenvalue weighted by atomic mass is 16.5. The van der Waals surface area contributed by atoms with E-state index in [-0.39, 0.29) is 23.8 Å². The average Bonchev–Trinajstić information content (AvgIpc) is 3.23. The SMILES string of the molecule is COc1cccc(C(=O)N2CC(C(=O)NC(C)C)C(c3cc(OC)ccc3OC)C2)c1. The van der Waals surface area contributed by atoms with Crippen LogP contribution in [0.2, 0.25) is 0 Å². The first-order chi connectivity index (χ1) is 14.9. The van der Waals surface area contributed by atoms with Gasteiger partial charge < -0.3 is 24.4 Å². The summed E-state index contributed by atoms with van der Waals surface area (Å²) < 4.78 is 16.2. The molecule has 0 bridgehead atoms. The Hall–Kier alpha value is -3.22. The van der Waals surface area contributed by atoms with E-state index < -0.39 is 5.92 Å². The zero-order chi connectivity index (χ0) is 22.5. The fraction of sp³-hybridized carbons (Fsp3) is 0.417. The van der Waals surface area contributed by atoms with Gasteiger partial charge in [-0.25, -0.2) is 0 Å². The van der Waals surface area contributed by atoms with Crippen molar-refractivity contribution in [3.8, 4) is 17.2 Å². The van der Waals surface area contributed by atoms with Crippen LogP contribution in [0.5, 0.6) is 17.2 Å². The Morgan fingerprint density at radius 3 is 2.32 bits per heavy atom. The summed E-state index contributed by atoms with van der Waals surface area (Å²) in [6, 6.07) is 12.6. The van der Waals surface area contributed by atoms with Gasteiger partial charge in [0, 0.05) is 36.2 Å². The first kappa shape index (κ1) is 22.5. The summed E-state index contributed by atoms with van der Waals surface area (Å²) in [6.45, 7) is 4.57. The lowest BCUT2D eigenvalue weighted by atomic mass is 9.87. The van der Waals surface area contributed by atoms with Crippen molar-refractivity contribution in [1.82, 2.24) is 10.2 Å². The van der Waals surface area contributed by atoms with Crippen LogP contribution in [0.1, 0.15) is 35.7 Å². The average molecular weight is 427 g/mol. The topological polar surface area (TPSA) is 77.1 Å². The summed E-state index contributed by atoms with van der Waals surface area (Å²) in [5, 5.41) is 3.00. The minimum absolute atomic E-state index is 0.00323. The quantitative estimate of drug-likeness (QED) is 0.736. The third kappa shape index (κ3) is 4.93. The van der Waals surface area contributed by atoms with Gasteiger partial charge in [0.2, 0.25) is 5.91 Å². The number of ether oxygens (including phenoxy) is 3. The van der Waals surface area contributed by atoms with Crippen molar-refractivity contribution in [2.75, 3.05) is 34.4 Å². The van der Waals surface area contributed by atoms with Crippen molar-refractivity contribution < 1.29 is 23.8 Å². The number of likely N-dealkylation sites (tertiary alicyclic amines) is 1. The minimum atomic E-state index is -0.405. The van der Waals surface area contributed by atoms with Crippen LogP contribution >= 0.6 is 0 Å². The Labute approximate surface area is 183 Å². The smallest absolute Gasteiger partial charge is 0.254 e. The van der Waals surface area contributed by atoms with Gasteiger partial charge in [0.05, 0.1) is 27.2 Å². The second-order valence-electron chi connectivity index (χ2n) is 7.93. The molecule has 2 aromatic carbocycles.